The smallest absolute Gasteiger partial charge is 0.196 e. The number of benzene rings is 4. The van der Waals surface area contributed by atoms with Crippen LogP contribution < -0.4 is 0 Å². The normalized spacial score (nSPS) is 11.4. The van der Waals surface area contributed by atoms with E-state index in [1.807, 2.05) is 24.3 Å². The van der Waals surface area contributed by atoms with Gasteiger partial charge >= 0.3 is 0 Å². The Balaban J connectivity index is 1.76. The van der Waals surface area contributed by atoms with Gasteiger partial charge in [-0.15, -0.1) is 0 Å². The number of pyridine rings is 1. The van der Waals surface area contributed by atoms with Gasteiger partial charge in [0.15, 0.2) is 17.1 Å². The summed E-state index contributed by atoms with van der Waals surface area (Å²) in [4.78, 5) is 16.1. The lowest BCUT2D eigenvalue weighted by Gasteiger charge is -2.04. The summed E-state index contributed by atoms with van der Waals surface area (Å²) in [6, 6.07) is 19.2. The molecule has 0 unspecified atom stereocenters. The molecular formula is C29H9N5. The van der Waals surface area contributed by atoms with Crippen molar-refractivity contribution < 1.29 is 0 Å². The van der Waals surface area contributed by atoms with Gasteiger partial charge in [0.05, 0.1) is 36.8 Å². The summed E-state index contributed by atoms with van der Waals surface area (Å²) in [6.45, 7) is 22.8. The lowest BCUT2D eigenvalue weighted by Crippen LogP contribution is -1.80. The van der Waals surface area contributed by atoms with Gasteiger partial charge in [-0.3, -0.25) is 0 Å². The highest BCUT2D eigenvalue weighted by atomic mass is 14.7. The Morgan fingerprint density at radius 1 is 0.559 bits per heavy atom. The Hall–Kier alpha value is -5.49. The van der Waals surface area contributed by atoms with Crippen LogP contribution in [-0.2, 0) is 0 Å². The van der Waals surface area contributed by atoms with Crippen LogP contribution in [0.3, 0.4) is 0 Å². The summed E-state index contributed by atoms with van der Waals surface area (Å²) in [5.74, 6) is 0. The SMILES string of the molecule is [C-]#[N+]c1ccc2c3cc4c5ccc([N+]#[C-])c6c([N+]#[C-])ccc(c4nc3c3ccc(C#N)c1c23)c65. The van der Waals surface area contributed by atoms with Gasteiger partial charge in [0, 0.05) is 32.5 Å². The first kappa shape index (κ1) is 18.1. The number of hydrogen-bond donors (Lipinski definition) is 0. The number of rotatable bonds is 0. The van der Waals surface area contributed by atoms with Gasteiger partial charge in [0.2, 0.25) is 0 Å². The van der Waals surface area contributed by atoms with Crippen molar-refractivity contribution >= 4 is 82.0 Å². The molecule has 0 saturated carbocycles. The number of fused-ring (bicyclic) bond motifs is 6. The third-order valence-electron chi connectivity index (χ3n) is 6.85. The van der Waals surface area contributed by atoms with Crippen LogP contribution in [0.15, 0.2) is 54.6 Å². The van der Waals surface area contributed by atoms with E-state index in [0.29, 0.717) is 33.4 Å². The summed E-state index contributed by atoms with van der Waals surface area (Å²) >= 11 is 0. The monoisotopic (exact) mass is 427 g/mol. The van der Waals surface area contributed by atoms with Crippen LogP contribution in [0.5, 0.6) is 0 Å². The van der Waals surface area contributed by atoms with E-state index in [9.17, 15) is 5.26 Å². The fraction of sp³-hybridized carbons (Fsp3) is 0. The molecule has 0 saturated heterocycles. The number of nitrogens with zero attached hydrogens (tertiary/aromatic N) is 5. The molecule has 0 aliphatic heterocycles. The number of aromatic nitrogens is 1. The maximum Gasteiger partial charge on any atom is 0.196 e. The largest absolute Gasteiger partial charge is 0.246 e. The molecule has 0 radical (unpaired) electrons. The highest BCUT2D eigenvalue weighted by molar-refractivity contribution is 6.37. The van der Waals surface area contributed by atoms with Crippen LogP contribution >= 0.6 is 0 Å². The van der Waals surface area contributed by atoms with Crippen LogP contribution in [0.25, 0.3) is 79.4 Å². The van der Waals surface area contributed by atoms with Gasteiger partial charge in [-0.2, -0.15) is 5.26 Å². The van der Waals surface area contributed by atoms with E-state index < -0.39 is 0 Å². The van der Waals surface area contributed by atoms with Crippen molar-refractivity contribution in [2.24, 2.45) is 0 Å². The van der Waals surface area contributed by atoms with Crippen LogP contribution in [0.1, 0.15) is 5.56 Å². The second-order valence-electron chi connectivity index (χ2n) is 8.29. The van der Waals surface area contributed by atoms with Crippen molar-refractivity contribution in [3.8, 4) is 6.07 Å². The molecular weight excluding hydrogens is 418 g/mol. The lowest BCUT2D eigenvalue weighted by molar-refractivity contribution is 1.51. The molecule has 5 heteroatoms. The zero-order valence-corrected chi connectivity index (χ0v) is 17.4. The van der Waals surface area contributed by atoms with Crippen molar-refractivity contribution in [1.82, 2.24) is 4.98 Å². The standard InChI is InChI=1S/C29H9N5/c1-31-21-9-6-15-19-12-20-16-7-10-22(32-2)27-23(33-3)11-8-18(26(16)27)29(20)34-28(19)17-5-4-14(13-30)24(21)25(15)17/h4-12H. The van der Waals surface area contributed by atoms with Gasteiger partial charge < -0.3 is 0 Å². The fourth-order valence-electron chi connectivity index (χ4n) is 5.49. The predicted molar refractivity (Wildman–Crippen MR) is 135 cm³/mol. The number of hydrogen-bond acceptors (Lipinski definition) is 2. The third kappa shape index (κ3) is 1.93. The Morgan fingerprint density at radius 2 is 1.03 bits per heavy atom. The van der Waals surface area contributed by atoms with Crippen LogP contribution in [0.2, 0.25) is 0 Å². The maximum absolute atomic E-state index is 9.68. The van der Waals surface area contributed by atoms with Gasteiger partial charge in [-0.1, -0.05) is 42.5 Å². The van der Waals surface area contributed by atoms with E-state index in [4.69, 9.17) is 24.7 Å². The Kier molecular flexibility index (Phi) is 3.23. The molecule has 1 aromatic heterocycles. The highest BCUT2D eigenvalue weighted by Gasteiger charge is 2.22. The molecule has 7 rings (SSSR count). The molecule has 0 aliphatic rings. The maximum atomic E-state index is 9.68. The minimum Gasteiger partial charge on any atom is -0.246 e. The number of nitriles is 1. The topological polar surface area (TPSA) is 49.8 Å². The minimum absolute atomic E-state index is 0.464. The van der Waals surface area contributed by atoms with Crippen molar-refractivity contribution in [3.63, 3.8) is 0 Å². The Bertz CT molecular complexity index is 1910. The van der Waals surface area contributed by atoms with Crippen LogP contribution in [0.4, 0.5) is 17.1 Å². The molecule has 0 spiro atoms. The molecule has 0 atom stereocenters. The minimum atomic E-state index is 0.464. The van der Waals surface area contributed by atoms with Gasteiger partial charge in [0.25, 0.3) is 0 Å². The van der Waals surface area contributed by atoms with Crippen molar-refractivity contribution in [1.29, 1.82) is 5.26 Å². The van der Waals surface area contributed by atoms with E-state index in [1.165, 1.54) is 0 Å². The summed E-state index contributed by atoms with van der Waals surface area (Å²) in [5, 5.41) is 18.5. The molecule has 5 nitrogen and oxygen atoms in total. The average molecular weight is 427 g/mol. The van der Waals surface area contributed by atoms with E-state index in [1.54, 1.807) is 24.3 Å². The molecule has 1 heterocycles. The quantitative estimate of drug-likeness (QED) is 0.228. The molecule has 0 aliphatic carbocycles. The predicted octanol–water partition coefficient (Wildman–Crippen LogP) is 8.40. The first-order chi connectivity index (χ1) is 16.7. The Morgan fingerprint density at radius 3 is 1.56 bits per heavy atom. The van der Waals surface area contributed by atoms with Crippen LogP contribution in [0, 0.1) is 31.0 Å². The van der Waals surface area contributed by atoms with E-state index >= 15 is 0 Å². The first-order valence-corrected chi connectivity index (χ1v) is 10.5. The molecule has 150 valence electrons. The zero-order valence-electron chi connectivity index (χ0n) is 17.4. The average Bonchev–Trinajstić information content (AvgIpc) is 3.37. The van der Waals surface area contributed by atoms with Crippen molar-refractivity contribution in [2.75, 3.05) is 0 Å². The fourth-order valence-corrected chi connectivity index (χ4v) is 5.49. The van der Waals surface area contributed by atoms with Gasteiger partial charge in [0.1, 0.15) is 0 Å². The van der Waals surface area contributed by atoms with Crippen LogP contribution in [-0.4, -0.2) is 4.98 Å². The second kappa shape index (κ2) is 6.05. The zero-order chi connectivity index (χ0) is 23.1. The first-order valence-electron chi connectivity index (χ1n) is 10.5. The van der Waals surface area contributed by atoms with E-state index in [0.717, 1.165) is 54.1 Å². The highest BCUT2D eigenvalue weighted by Crippen LogP contribution is 2.48. The summed E-state index contributed by atoms with van der Waals surface area (Å²) < 4.78 is 0. The van der Waals surface area contributed by atoms with Gasteiger partial charge in [-0.25, -0.2) is 19.5 Å². The second-order valence-corrected chi connectivity index (χ2v) is 8.29. The molecule has 34 heavy (non-hydrogen) atoms. The molecule has 0 fully saturated rings. The summed E-state index contributed by atoms with van der Waals surface area (Å²) in [6.07, 6.45) is 0. The van der Waals surface area contributed by atoms with E-state index in [2.05, 4.69) is 26.7 Å². The van der Waals surface area contributed by atoms with Crippen molar-refractivity contribution in [3.05, 3.63) is 94.4 Å². The molecule has 0 bridgehead atoms. The lowest BCUT2D eigenvalue weighted by atomic mass is 10.00. The van der Waals surface area contributed by atoms with Crippen molar-refractivity contribution in [2.45, 2.75) is 0 Å². The van der Waals surface area contributed by atoms with E-state index in [-0.39, 0.29) is 0 Å². The third-order valence-corrected chi connectivity index (χ3v) is 6.85. The molecule has 0 amide bonds. The Labute approximate surface area is 192 Å². The molecule has 6 aromatic carbocycles. The summed E-state index contributed by atoms with van der Waals surface area (Å²) in [7, 11) is 0. The molecule has 0 N–H and O–H groups in total. The molecule has 7 aromatic rings. The van der Waals surface area contributed by atoms with Gasteiger partial charge in [-0.05, 0) is 39.1 Å². The summed E-state index contributed by atoms with van der Waals surface area (Å²) in [5.41, 5.74) is 3.54.